The second-order valence-corrected chi connectivity index (χ2v) is 4.43. The number of hydrogen-bond donors (Lipinski definition) is 5. The Hall–Kier alpha value is -3.95. The van der Waals surface area contributed by atoms with Gasteiger partial charge in [-0.05, 0) is 18.2 Å². The number of carbonyl (C=O) groups excluding carboxylic acids is 2. The number of carboxylic acids is 3. The molecular formula is C15H12N2O8. The van der Waals surface area contributed by atoms with Crippen molar-refractivity contribution in [2.45, 2.75) is 0 Å². The molecule has 5 N–H and O–H groups in total. The van der Waals surface area contributed by atoms with E-state index in [4.69, 9.17) is 15.3 Å². The molecule has 1 aromatic carbocycles. The number of carboxylic acid groups (broad SMARTS) is 3. The van der Waals surface area contributed by atoms with Crippen LogP contribution in [0.25, 0.3) is 0 Å². The van der Waals surface area contributed by atoms with Crippen LogP contribution in [0, 0.1) is 0 Å². The van der Waals surface area contributed by atoms with Crippen LogP contribution in [0.4, 0.5) is 11.4 Å². The summed E-state index contributed by atoms with van der Waals surface area (Å²) in [4.78, 5) is 54.9. The lowest BCUT2D eigenvalue weighted by molar-refractivity contribution is -0.132. The van der Waals surface area contributed by atoms with Gasteiger partial charge in [0.25, 0.3) is 0 Å². The van der Waals surface area contributed by atoms with Gasteiger partial charge in [0.15, 0.2) is 0 Å². The van der Waals surface area contributed by atoms with Crippen LogP contribution in [-0.4, -0.2) is 45.0 Å². The molecule has 10 nitrogen and oxygen atoms in total. The van der Waals surface area contributed by atoms with Crippen molar-refractivity contribution in [1.82, 2.24) is 0 Å². The van der Waals surface area contributed by atoms with E-state index >= 15 is 0 Å². The summed E-state index contributed by atoms with van der Waals surface area (Å²) in [5, 5.41) is 30.4. The number of amides is 2. The molecule has 1 rings (SSSR count). The summed E-state index contributed by atoms with van der Waals surface area (Å²) in [6, 6.07) is 3.40. The maximum absolute atomic E-state index is 11.5. The van der Waals surface area contributed by atoms with Crippen LogP contribution in [0.2, 0.25) is 0 Å². The summed E-state index contributed by atoms with van der Waals surface area (Å²) in [7, 11) is 0. The predicted octanol–water partition coefficient (Wildman–Crippen LogP) is 0.543. The molecule has 0 aromatic heterocycles. The molecule has 1 aromatic rings. The molecule has 130 valence electrons. The highest BCUT2D eigenvalue weighted by atomic mass is 16.4. The number of rotatable bonds is 7. The van der Waals surface area contributed by atoms with Gasteiger partial charge in [0.1, 0.15) is 0 Å². The summed E-state index contributed by atoms with van der Waals surface area (Å²) < 4.78 is 0. The van der Waals surface area contributed by atoms with Crippen molar-refractivity contribution >= 4 is 41.1 Å². The van der Waals surface area contributed by atoms with Gasteiger partial charge >= 0.3 is 17.9 Å². The van der Waals surface area contributed by atoms with Gasteiger partial charge in [-0.3, -0.25) is 9.59 Å². The minimum atomic E-state index is -1.34. The quantitative estimate of drug-likeness (QED) is 0.444. The monoisotopic (exact) mass is 348 g/mol. The molecule has 0 aliphatic carbocycles. The van der Waals surface area contributed by atoms with Crippen LogP contribution >= 0.6 is 0 Å². The largest absolute Gasteiger partial charge is 0.478 e. The minimum Gasteiger partial charge on any atom is -0.478 e. The third-order valence-corrected chi connectivity index (χ3v) is 2.47. The Morgan fingerprint density at radius 2 is 1.08 bits per heavy atom. The lowest BCUT2D eigenvalue weighted by Gasteiger charge is -2.08. The van der Waals surface area contributed by atoms with Crippen LogP contribution < -0.4 is 10.6 Å². The lowest BCUT2D eigenvalue weighted by Crippen LogP contribution is -2.13. The number of nitrogens with one attached hydrogen (secondary N) is 2. The van der Waals surface area contributed by atoms with E-state index in [0.717, 1.165) is 24.3 Å². The van der Waals surface area contributed by atoms with Gasteiger partial charge in [0, 0.05) is 35.7 Å². The summed E-state index contributed by atoms with van der Waals surface area (Å²) in [5.74, 6) is -5.67. The van der Waals surface area contributed by atoms with E-state index in [2.05, 4.69) is 10.6 Å². The highest BCUT2D eigenvalue weighted by Crippen LogP contribution is 2.19. The highest BCUT2D eigenvalue weighted by molar-refractivity contribution is 6.05. The van der Waals surface area contributed by atoms with E-state index in [1.165, 1.54) is 6.07 Å². The van der Waals surface area contributed by atoms with Crippen LogP contribution in [0.3, 0.4) is 0 Å². The number of anilines is 2. The van der Waals surface area contributed by atoms with E-state index in [0.29, 0.717) is 12.2 Å². The molecule has 0 spiro atoms. The number of aromatic carboxylic acids is 1. The SMILES string of the molecule is O=C(O)/C=C/C(=O)Nc1cc(NC(=O)/C=C/C(=O)O)cc(C(=O)O)c1. The molecule has 0 saturated heterocycles. The van der Waals surface area contributed by atoms with Gasteiger partial charge < -0.3 is 26.0 Å². The molecule has 0 bridgehead atoms. The van der Waals surface area contributed by atoms with E-state index < -0.39 is 29.7 Å². The van der Waals surface area contributed by atoms with Gasteiger partial charge in [-0.2, -0.15) is 0 Å². The maximum Gasteiger partial charge on any atom is 0.335 e. The molecule has 0 atom stereocenters. The third-order valence-electron chi connectivity index (χ3n) is 2.47. The molecule has 0 saturated carbocycles. The third kappa shape index (κ3) is 7.23. The Morgan fingerprint density at radius 3 is 1.40 bits per heavy atom. The van der Waals surface area contributed by atoms with Crippen LogP contribution in [0.5, 0.6) is 0 Å². The molecular weight excluding hydrogens is 336 g/mol. The number of aliphatic carboxylic acids is 2. The molecule has 0 unspecified atom stereocenters. The smallest absolute Gasteiger partial charge is 0.335 e. The zero-order chi connectivity index (χ0) is 19.0. The zero-order valence-corrected chi connectivity index (χ0v) is 12.4. The molecule has 0 radical (unpaired) electrons. The molecule has 0 aliphatic heterocycles. The average Bonchev–Trinajstić information content (AvgIpc) is 2.50. The number of hydrogen-bond acceptors (Lipinski definition) is 5. The standard InChI is InChI=1S/C15H12N2O8/c18-11(1-3-13(20)21)16-9-5-8(15(24)25)6-10(7-9)17-12(19)2-4-14(22)23/h1-7H,(H,16,18)(H,17,19)(H,20,21)(H,22,23)(H,24,25)/b3-1+,4-2+. The molecule has 2 amide bonds. The first-order valence-corrected chi connectivity index (χ1v) is 6.49. The van der Waals surface area contributed by atoms with Crippen molar-refractivity contribution in [3.05, 3.63) is 48.1 Å². The van der Waals surface area contributed by atoms with Crippen LogP contribution in [0.15, 0.2) is 42.5 Å². The van der Waals surface area contributed by atoms with Crippen LogP contribution in [0.1, 0.15) is 10.4 Å². The van der Waals surface area contributed by atoms with Gasteiger partial charge in [-0.1, -0.05) is 0 Å². The second-order valence-electron chi connectivity index (χ2n) is 4.43. The summed E-state index contributed by atoms with van der Waals surface area (Å²) in [6.45, 7) is 0. The maximum atomic E-state index is 11.5. The van der Waals surface area contributed by atoms with Crippen molar-refractivity contribution in [2.24, 2.45) is 0 Å². The Kier molecular flexibility index (Phi) is 6.59. The number of carbonyl (C=O) groups is 5. The molecule has 0 aliphatic rings. The highest BCUT2D eigenvalue weighted by Gasteiger charge is 2.10. The Bertz CT molecular complexity index is 738. The fourth-order valence-corrected chi connectivity index (χ4v) is 1.56. The lowest BCUT2D eigenvalue weighted by atomic mass is 10.1. The fourth-order valence-electron chi connectivity index (χ4n) is 1.56. The summed E-state index contributed by atoms with van der Waals surface area (Å²) >= 11 is 0. The summed E-state index contributed by atoms with van der Waals surface area (Å²) in [5.41, 5.74) is -0.299. The topological polar surface area (TPSA) is 170 Å². The normalized spacial score (nSPS) is 10.6. The van der Waals surface area contributed by atoms with Crippen molar-refractivity contribution in [3.63, 3.8) is 0 Å². The zero-order valence-electron chi connectivity index (χ0n) is 12.4. The van der Waals surface area contributed by atoms with E-state index in [1.54, 1.807) is 0 Å². The first-order valence-electron chi connectivity index (χ1n) is 6.49. The average molecular weight is 348 g/mol. The van der Waals surface area contributed by atoms with E-state index in [1.807, 2.05) is 0 Å². The minimum absolute atomic E-state index is 0.0162. The number of benzene rings is 1. The van der Waals surface area contributed by atoms with Gasteiger partial charge in [-0.25, -0.2) is 14.4 Å². The van der Waals surface area contributed by atoms with Gasteiger partial charge in [0.2, 0.25) is 11.8 Å². The van der Waals surface area contributed by atoms with E-state index in [9.17, 15) is 24.0 Å². The fraction of sp³-hybridized carbons (Fsp3) is 0. The predicted molar refractivity (Wildman–Crippen MR) is 84.2 cm³/mol. The molecule has 0 heterocycles. The van der Waals surface area contributed by atoms with Crippen LogP contribution in [-0.2, 0) is 19.2 Å². The van der Waals surface area contributed by atoms with Crippen molar-refractivity contribution in [2.75, 3.05) is 10.6 Å². The molecule has 0 fully saturated rings. The van der Waals surface area contributed by atoms with Crippen molar-refractivity contribution < 1.29 is 39.3 Å². The van der Waals surface area contributed by atoms with Crippen molar-refractivity contribution in [1.29, 1.82) is 0 Å². The first kappa shape index (κ1) is 19.1. The Morgan fingerprint density at radius 1 is 0.680 bits per heavy atom. The van der Waals surface area contributed by atoms with E-state index in [-0.39, 0.29) is 16.9 Å². The van der Waals surface area contributed by atoms with Gasteiger partial charge in [-0.15, -0.1) is 0 Å². The molecule has 10 heteroatoms. The Balaban J connectivity index is 3.03. The first-order chi connectivity index (χ1) is 11.7. The molecule has 25 heavy (non-hydrogen) atoms. The summed E-state index contributed by atoms with van der Waals surface area (Å²) in [6.07, 6.45) is 2.64. The second kappa shape index (κ2) is 8.62. The Labute approximate surface area is 140 Å². The van der Waals surface area contributed by atoms with Gasteiger partial charge in [0.05, 0.1) is 5.56 Å². The van der Waals surface area contributed by atoms with Crippen molar-refractivity contribution in [3.8, 4) is 0 Å².